The summed E-state index contributed by atoms with van der Waals surface area (Å²) in [5, 5.41) is 0. The van der Waals surface area contributed by atoms with E-state index >= 15 is 0 Å². The first-order valence-electron chi connectivity index (χ1n) is 4.54. The Bertz CT molecular complexity index is 432. The summed E-state index contributed by atoms with van der Waals surface area (Å²) in [6, 6.07) is 14.2. The van der Waals surface area contributed by atoms with Crippen molar-refractivity contribution in [3.63, 3.8) is 0 Å². The minimum atomic E-state index is 0.929. The van der Waals surface area contributed by atoms with Crippen LogP contribution in [0.1, 0.15) is 5.69 Å². The molecule has 0 atom stereocenters. The number of nitrogens with zero attached hydrogens (tertiary/aromatic N) is 1. The van der Waals surface area contributed by atoms with Gasteiger partial charge in [0.2, 0.25) is 0 Å². The zero-order chi connectivity index (χ0) is 9.80. The quantitative estimate of drug-likeness (QED) is 0.692. The summed E-state index contributed by atoms with van der Waals surface area (Å²) < 4.78 is 0. The van der Waals surface area contributed by atoms with Crippen LogP contribution in [-0.2, 0) is 0 Å². The fourth-order valence-electron chi connectivity index (χ4n) is 1.44. The monoisotopic (exact) mass is 181 g/mol. The van der Waals surface area contributed by atoms with Gasteiger partial charge in [0, 0.05) is 11.8 Å². The van der Waals surface area contributed by atoms with Crippen LogP contribution in [-0.4, -0.2) is 4.98 Å². The first-order chi connectivity index (χ1) is 6.92. The third-order valence-electron chi connectivity index (χ3n) is 2.12. The van der Waals surface area contributed by atoms with Crippen LogP contribution in [0.2, 0.25) is 0 Å². The van der Waals surface area contributed by atoms with Crippen molar-refractivity contribution in [2.24, 2.45) is 0 Å². The molecule has 14 heavy (non-hydrogen) atoms. The van der Waals surface area contributed by atoms with E-state index in [0.717, 1.165) is 11.3 Å². The summed E-state index contributed by atoms with van der Waals surface area (Å²) in [5.41, 5.74) is 3.23. The topological polar surface area (TPSA) is 12.9 Å². The van der Waals surface area contributed by atoms with Gasteiger partial charge in [-0.15, -0.1) is 0 Å². The average molecular weight is 181 g/mol. The van der Waals surface area contributed by atoms with Gasteiger partial charge in [0.15, 0.2) is 0 Å². The van der Waals surface area contributed by atoms with Crippen molar-refractivity contribution in [1.29, 1.82) is 0 Å². The van der Waals surface area contributed by atoms with Gasteiger partial charge in [-0.2, -0.15) is 0 Å². The Labute approximate surface area is 83.7 Å². The van der Waals surface area contributed by atoms with E-state index in [0.29, 0.717) is 0 Å². The predicted molar refractivity (Wildman–Crippen MR) is 59.8 cm³/mol. The highest BCUT2D eigenvalue weighted by Crippen LogP contribution is 2.21. The zero-order valence-corrected chi connectivity index (χ0v) is 7.85. The second-order valence-corrected chi connectivity index (χ2v) is 3.01. The molecule has 2 rings (SSSR count). The second-order valence-electron chi connectivity index (χ2n) is 3.01. The third kappa shape index (κ3) is 1.57. The molecule has 0 radical (unpaired) electrons. The highest BCUT2D eigenvalue weighted by Gasteiger charge is 2.00. The molecule has 1 aromatic carbocycles. The van der Waals surface area contributed by atoms with Gasteiger partial charge in [0.05, 0.1) is 5.69 Å². The average Bonchev–Trinajstić information content (AvgIpc) is 2.30. The minimum Gasteiger partial charge on any atom is -0.256 e. The van der Waals surface area contributed by atoms with Crippen molar-refractivity contribution < 1.29 is 0 Å². The molecule has 0 amide bonds. The maximum atomic E-state index is 4.26. The second kappa shape index (κ2) is 3.88. The number of aromatic nitrogens is 1. The van der Waals surface area contributed by atoms with Crippen molar-refractivity contribution in [3.8, 4) is 11.1 Å². The zero-order valence-electron chi connectivity index (χ0n) is 7.85. The smallest absolute Gasteiger partial charge is 0.0702 e. The summed E-state index contributed by atoms with van der Waals surface area (Å²) in [7, 11) is 0. The number of hydrogen-bond acceptors (Lipinski definition) is 1. The molecule has 1 heterocycles. The highest BCUT2D eigenvalue weighted by molar-refractivity contribution is 5.72. The van der Waals surface area contributed by atoms with Crippen LogP contribution in [0.15, 0.2) is 55.2 Å². The van der Waals surface area contributed by atoms with Gasteiger partial charge >= 0.3 is 0 Å². The molecule has 0 aliphatic carbocycles. The summed E-state index contributed by atoms with van der Waals surface area (Å²) in [5.74, 6) is 0. The molecule has 68 valence electrons. The molecule has 0 unspecified atom stereocenters. The fourth-order valence-corrected chi connectivity index (χ4v) is 1.44. The molecule has 0 N–H and O–H groups in total. The van der Waals surface area contributed by atoms with E-state index in [-0.39, 0.29) is 0 Å². The van der Waals surface area contributed by atoms with Crippen LogP contribution >= 0.6 is 0 Å². The normalized spacial score (nSPS) is 9.71. The predicted octanol–water partition coefficient (Wildman–Crippen LogP) is 3.39. The number of benzene rings is 1. The first kappa shape index (κ1) is 8.70. The van der Waals surface area contributed by atoms with Gasteiger partial charge in [0.25, 0.3) is 0 Å². The Hall–Kier alpha value is -1.89. The third-order valence-corrected chi connectivity index (χ3v) is 2.12. The molecule has 1 nitrogen and oxygen atoms in total. The molecule has 0 aliphatic heterocycles. The van der Waals surface area contributed by atoms with Gasteiger partial charge in [-0.05, 0) is 17.7 Å². The lowest BCUT2D eigenvalue weighted by atomic mass is 10.0. The van der Waals surface area contributed by atoms with E-state index in [9.17, 15) is 0 Å². The van der Waals surface area contributed by atoms with E-state index < -0.39 is 0 Å². The molecule has 0 fully saturated rings. The molecule has 0 aliphatic rings. The van der Waals surface area contributed by atoms with Crippen molar-refractivity contribution in [2.45, 2.75) is 0 Å². The summed E-state index contributed by atoms with van der Waals surface area (Å²) in [6.07, 6.45) is 3.56. The number of hydrogen-bond donors (Lipinski definition) is 0. The molecular weight excluding hydrogens is 170 g/mol. The highest BCUT2D eigenvalue weighted by atomic mass is 14.7. The summed E-state index contributed by atoms with van der Waals surface area (Å²) in [4.78, 5) is 4.26. The largest absolute Gasteiger partial charge is 0.256 e. The first-order valence-corrected chi connectivity index (χ1v) is 4.54. The molecule has 0 bridgehead atoms. The SMILES string of the molecule is C=Cc1ncccc1-c1ccccc1. The Balaban J connectivity index is 2.57. The van der Waals surface area contributed by atoms with Crippen LogP contribution in [0.4, 0.5) is 0 Å². The van der Waals surface area contributed by atoms with Gasteiger partial charge in [-0.3, -0.25) is 4.98 Å². The molecular formula is C13H11N. The van der Waals surface area contributed by atoms with Crippen LogP contribution < -0.4 is 0 Å². The Morgan fingerprint density at radius 1 is 1.00 bits per heavy atom. The summed E-state index contributed by atoms with van der Waals surface area (Å²) >= 11 is 0. The molecule has 1 aromatic heterocycles. The minimum absolute atomic E-state index is 0.929. The van der Waals surface area contributed by atoms with E-state index in [1.54, 1.807) is 12.3 Å². The Kier molecular flexibility index (Phi) is 2.41. The van der Waals surface area contributed by atoms with Gasteiger partial charge in [-0.25, -0.2) is 0 Å². The van der Waals surface area contributed by atoms with E-state index in [1.165, 1.54) is 5.56 Å². The molecule has 0 spiro atoms. The molecule has 0 saturated carbocycles. The lowest BCUT2D eigenvalue weighted by Crippen LogP contribution is -1.85. The number of pyridine rings is 1. The standard InChI is InChI=1S/C13H11N/c1-2-13-12(9-6-10-14-13)11-7-4-3-5-8-11/h2-10H,1H2. The lowest BCUT2D eigenvalue weighted by Gasteiger charge is -2.03. The van der Waals surface area contributed by atoms with Crippen molar-refractivity contribution in [2.75, 3.05) is 0 Å². The van der Waals surface area contributed by atoms with Crippen molar-refractivity contribution >= 4 is 6.08 Å². The lowest BCUT2D eigenvalue weighted by molar-refractivity contribution is 1.30. The fraction of sp³-hybridized carbons (Fsp3) is 0. The van der Waals surface area contributed by atoms with Gasteiger partial charge in [0.1, 0.15) is 0 Å². The van der Waals surface area contributed by atoms with E-state index in [2.05, 4.69) is 29.8 Å². The van der Waals surface area contributed by atoms with Crippen LogP contribution in [0, 0.1) is 0 Å². The maximum absolute atomic E-state index is 4.26. The Morgan fingerprint density at radius 3 is 2.50 bits per heavy atom. The van der Waals surface area contributed by atoms with E-state index in [4.69, 9.17) is 0 Å². The van der Waals surface area contributed by atoms with Crippen molar-refractivity contribution in [3.05, 3.63) is 60.9 Å². The van der Waals surface area contributed by atoms with Crippen LogP contribution in [0.5, 0.6) is 0 Å². The molecule has 0 saturated heterocycles. The summed E-state index contributed by atoms with van der Waals surface area (Å²) in [6.45, 7) is 3.75. The van der Waals surface area contributed by atoms with E-state index in [1.807, 2.05) is 24.3 Å². The van der Waals surface area contributed by atoms with Crippen LogP contribution in [0.3, 0.4) is 0 Å². The van der Waals surface area contributed by atoms with Gasteiger partial charge in [-0.1, -0.05) is 43.0 Å². The van der Waals surface area contributed by atoms with Gasteiger partial charge < -0.3 is 0 Å². The van der Waals surface area contributed by atoms with Crippen LogP contribution in [0.25, 0.3) is 17.2 Å². The molecule has 2 aromatic rings. The molecule has 1 heteroatoms. The maximum Gasteiger partial charge on any atom is 0.0702 e. The Morgan fingerprint density at radius 2 is 1.79 bits per heavy atom. The van der Waals surface area contributed by atoms with Crippen molar-refractivity contribution in [1.82, 2.24) is 4.98 Å². The number of rotatable bonds is 2.